The topological polar surface area (TPSA) is 42.4 Å². The summed E-state index contributed by atoms with van der Waals surface area (Å²) in [5.41, 5.74) is 5.17. The number of nitrogens with zero attached hydrogens (tertiary/aromatic N) is 2. The van der Waals surface area contributed by atoms with E-state index in [1.54, 1.807) is 13.0 Å². The molecule has 0 spiro atoms. The molecular formula is C24H28N2O2. The molecule has 2 aromatic rings. The van der Waals surface area contributed by atoms with Crippen molar-refractivity contribution in [1.29, 1.82) is 0 Å². The van der Waals surface area contributed by atoms with E-state index in [0.29, 0.717) is 6.61 Å². The average Bonchev–Trinajstić information content (AvgIpc) is 3.22. The summed E-state index contributed by atoms with van der Waals surface area (Å²) in [6.45, 7) is 7.50. The van der Waals surface area contributed by atoms with Crippen LogP contribution in [0.4, 0.5) is 0 Å². The third-order valence-corrected chi connectivity index (χ3v) is 4.84. The summed E-state index contributed by atoms with van der Waals surface area (Å²) < 4.78 is 4.95. The number of carbonyl (C=O) groups excluding carboxylic acids is 1. The summed E-state index contributed by atoms with van der Waals surface area (Å²) in [6.07, 6.45) is 7.96. The molecule has 1 aliphatic rings. The lowest BCUT2D eigenvalue weighted by Gasteiger charge is -2.14. The number of likely N-dealkylation sites (tertiary alicyclic amines) is 1. The highest BCUT2D eigenvalue weighted by Gasteiger charge is 2.12. The first-order valence-corrected chi connectivity index (χ1v) is 9.97. The lowest BCUT2D eigenvalue weighted by molar-refractivity contribution is -0.137. The zero-order valence-corrected chi connectivity index (χ0v) is 16.7. The zero-order chi connectivity index (χ0) is 19.8. The fourth-order valence-electron chi connectivity index (χ4n) is 3.33. The minimum absolute atomic E-state index is 0.349. The Balaban J connectivity index is 1.88. The summed E-state index contributed by atoms with van der Waals surface area (Å²) in [5.74, 6) is -0.349. The minimum atomic E-state index is -0.349. The SMILES string of the molecule is CCOC(=O)C=Cc1cccc(C(=CCN2CCCC2)c2ccc(C)cc2)n1. The van der Waals surface area contributed by atoms with E-state index in [1.165, 1.54) is 24.5 Å². The number of carbonyl (C=O) groups is 1. The highest BCUT2D eigenvalue weighted by molar-refractivity contribution is 5.87. The molecular weight excluding hydrogens is 348 g/mol. The van der Waals surface area contributed by atoms with Gasteiger partial charge >= 0.3 is 5.97 Å². The first-order chi connectivity index (χ1) is 13.7. The predicted octanol–water partition coefficient (Wildman–Crippen LogP) is 4.49. The Labute approximate surface area is 167 Å². The molecule has 1 saturated heterocycles. The van der Waals surface area contributed by atoms with Crippen LogP contribution in [-0.2, 0) is 9.53 Å². The second-order valence-corrected chi connectivity index (χ2v) is 7.02. The second-order valence-electron chi connectivity index (χ2n) is 7.02. The van der Waals surface area contributed by atoms with Crippen LogP contribution in [0.15, 0.2) is 54.6 Å². The summed E-state index contributed by atoms with van der Waals surface area (Å²) >= 11 is 0. The van der Waals surface area contributed by atoms with Crippen LogP contribution in [0, 0.1) is 6.92 Å². The third-order valence-electron chi connectivity index (χ3n) is 4.84. The maximum Gasteiger partial charge on any atom is 0.330 e. The van der Waals surface area contributed by atoms with Crippen LogP contribution in [0.25, 0.3) is 11.6 Å². The number of hydrogen-bond donors (Lipinski definition) is 0. The van der Waals surface area contributed by atoms with Gasteiger partial charge in [-0.05, 0) is 63.6 Å². The Kier molecular flexibility index (Phi) is 7.15. The number of aryl methyl sites for hydroxylation is 1. The molecule has 0 radical (unpaired) electrons. The Morgan fingerprint density at radius 1 is 1.14 bits per heavy atom. The van der Waals surface area contributed by atoms with E-state index in [1.807, 2.05) is 18.2 Å². The van der Waals surface area contributed by atoms with Crippen LogP contribution >= 0.6 is 0 Å². The van der Waals surface area contributed by atoms with E-state index in [4.69, 9.17) is 9.72 Å². The summed E-state index contributed by atoms with van der Waals surface area (Å²) in [4.78, 5) is 18.8. The number of esters is 1. The van der Waals surface area contributed by atoms with Crippen molar-refractivity contribution in [2.24, 2.45) is 0 Å². The molecule has 1 aromatic carbocycles. The van der Waals surface area contributed by atoms with Crippen molar-refractivity contribution >= 4 is 17.6 Å². The molecule has 0 atom stereocenters. The molecule has 0 bridgehead atoms. The van der Waals surface area contributed by atoms with E-state index in [2.05, 4.69) is 42.2 Å². The van der Waals surface area contributed by atoms with Crippen molar-refractivity contribution < 1.29 is 9.53 Å². The molecule has 1 aliphatic heterocycles. The van der Waals surface area contributed by atoms with Crippen LogP contribution < -0.4 is 0 Å². The van der Waals surface area contributed by atoms with Crippen LogP contribution in [0.3, 0.4) is 0 Å². The molecule has 0 N–H and O–H groups in total. The van der Waals surface area contributed by atoms with Crippen molar-refractivity contribution in [2.75, 3.05) is 26.2 Å². The molecule has 0 amide bonds. The lowest BCUT2D eigenvalue weighted by atomic mass is 10.00. The predicted molar refractivity (Wildman–Crippen MR) is 114 cm³/mol. The van der Waals surface area contributed by atoms with Crippen molar-refractivity contribution in [3.8, 4) is 0 Å². The third kappa shape index (κ3) is 5.64. The molecule has 2 heterocycles. The molecule has 4 nitrogen and oxygen atoms in total. The van der Waals surface area contributed by atoms with E-state index >= 15 is 0 Å². The largest absolute Gasteiger partial charge is 0.463 e. The number of pyridine rings is 1. The average molecular weight is 377 g/mol. The molecule has 1 aromatic heterocycles. The number of benzene rings is 1. The van der Waals surface area contributed by atoms with Gasteiger partial charge < -0.3 is 4.74 Å². The Morgan fingerprint density at radius 3 is 2.61 bits per heavy atom. The van der Waals surface area contributed by atoms with Gasteiger partial charge in [0.25, 0.3) is 0 Å². The van der Waals surface area contributed by atoms with Gasteiger partial charge in [0.15, 0.2) is 0 Å². The van der Waals surface area contributed by atoms with E-state index in [-0.39, 0.29) is 5.97 Å². The first kappa shape index (κ1) is 20.0. The smallest absolute Gasteiger partial charge is 0.330 e. The molecule has 1 fully saturated rings. The summed E-state index contributed by atoms with van der Waals surface area (Å²) in [6, 6.07) is 14.4. The normalized spacial score (nSPS) is 15.3. The number of rotatable bonds is 7. The van der Waals surface area contributed by atoms with Crippen molar-refractivity contribution in [3.05, 3.63) is 77.1 Å². The monoisotopic (exact) mass is 376 g/mol. The zero-order valence-electron chi connectivity index (χ0n) is 16.7. The molecule has 0 saturated carbocycles. The quantitative estimate of drug-likeness (QED) is 0.527. The van der Waals surface area contributed by atoms with Gasteiger partial charge in [-0.25, -0.2) is 9.78 Å². The fourth-order valence-corrected chi connectivity index (χ4v) is 3.33. The molecule has 0 unspecified atom stereocenters. The molecule has 3 rings (SSSR count). The van der Waals surface area contributed by atoms with Gasteiger partial charge in [-0.3, -0.25) is 4.90 Å². The van der Waals surface area contributed by atoms with Crippen LogP contribution in [0.2, 0.25) is 0 Å². The second kappa shape index (κ2) is 10.00. The molecule has 0 aliphatic carbocycles. The molecule has 28 heavy (non-hydrogen) atoms. The Hall–Kier alpha value is -2.72. The Bertz CT molecular complexity index is 847. The van der Waals surface area contributed by atoms with Gasteiger partial charge in [0.05, 0.1) is 18.0 Å². The first-order valence-electron chi connectivity index (χ1n) is 9.97. The van der Waals surface area contributed by atoms with Gasteiger partial charge in [0.1, 0.15) is 0 Å². The van der Waals surface area contributed by atoms with Gasteiger partial charge in [-0.2, -0.15) is 0 Å². The number of aromatic nitrogens is 1. The highest BCUT2D eigenvalue weighted by atomic mass is 16.5. The van der Waals surface area contributed by atoms with E-state index in [9.17, 15) is 4.79 Å². The van der Waals surface area contributed by atoms with E-state index < -0.39 is 0 Å². The lowest BCUT2D eigenvalue weighted by Crippen LogP contribution is -2.19. The highest BCUT2D eigenvalue weighted by Crippen LogP contribution is 2.23. The van der Waals surface area contributed by atoms with Gasteiger partial charge in [-0.15, -0.1) is 0 Å². The summed E-state index contributed by atoms with van der Waals surface area (Å²) in [5, 5.41) is 0. The van der Waals surface area contributed by atoms with Gasteiger partial charge in [0, 0.05) is 18.2 Å². The van der Waals surface area contributed by atoms with Crippen molar-refractivity contribution in [3.63, 3.8) is 0 Å². The maximum atomic E-state index is 11.6. The maximum absolute atomic E-state index is 11.6. The molecule has 4 heteroatoms. The number of ether oxygens (including phenoxy) is 1. The van der Waals surface area contributed by atoms with Crippen molar-refractivity contribution in [2.45, 2.75) is 26.7 Å². The molecule has 146 valence electrons. The van der Waals surface area contributed by atoms with Crippen LogP contribution in [-0.4, -0.2) is 42.1 Å². The Morgan fingerprint density at radius 2 is 1.89 bits per heavy atom. The van der Waals surface area contributed by atoms with Gasteiger partial charge in [-0.1, -0.05) is 42.0 Å². The number of hydrogen-bond acceptors (Lipinski definition) is 4. The minimum Gasteiger partial charge on any atom is -0.463 e. The van der Waals surface area contributed by atoms with Crippen LogP contribution in [0.5, 0.6) is 0 Å². The standard InChI is InChI=1S/C24H28N2O2/c1-3-28-24(27)14-13-21-7-6-8-23(25-21)22(15-18-26-16-4-5-17-26)20-11-9-19(2)10-12-20/h6-15H,3-5,16-18H2,1-2H3. The van der Waals surface area contributed by atoms with Gasteiger partial charge in [0.2, 0.25) is 0 Å². The summed E-state index contributed by atoms with van der Waals surface area (Å²) in [7, 11) is 0. The van der Waals surface area contributed by atoms with E-state index in [0.717, 1.165) is 42.2 Å². The fraction of sp³-hybridized carbons (Fsp3) is 0.333. The van der Waals surface area contributed by atoms with Crippen molar-refractivity contribution in [1.82, 2.24) is 9.88 Å². The van der Waals surface area contributed by atoms with Crippen LogP contribution in [0.1, 0.15) is 42.3 Å².